The maximum absolute atomic E-state index is 12.8. The molecule has 34 heavy (non-hydrogen) atoms. The minimum atomic E-state index is -1.92. The second kappa shape index (κ2) is 7.06. The van der Waals surface area contributed by atoms with Crippen LogP contribution in [0.4, 0.5) is 4.79 Å². The molecular formula is C24H37NO9. The van der Waals surface area contributed by atoms with Crippen molar-refractivity contribution in [2.75, 3.05) is 41.6 Å². The Morgan fingerprint density at radius 1 is 1.09 bits per heavy atom. The molecule has 1 spiro atoms. The molecule has 0 radical (unpaired) electrons. The van der Waals surface area contributed by atoms with Gasteiger partial charge in [-0.1, -0.05) is 0 Å². The summed E-state index contributed by atoms with van der Waals surface area (Å²) in [5.41, 5.74) is -5.26. The molecule has 4 N–H and O–H groups in total. The van der Waals surface area contributed by atoms with Gasteiger partial charge >= 0.3 is 6.09 Å². The standard InChI is InChI=1S/C24H37NO9/c1-31-13-8-22(29)15-12(7-11(13)16(15)33-3)23-14(32-2)5-6-21(10-26)9-25(20(27)28)19(23)24(22,30)18(34-4)17(21)23/h11-19,26,29-30H,5-10H2,1-4H3,(H,27,28)/t11-,12-,13+,14+,15-,16+,17-,18+,19?,21+,22-,23+,24-/m1/s1. The fourth-order valence-corrected chi connectivity index (χ4v) is 10.7. The summed E-state index contributed by atoms with van der Waals surface area (Å²) in [6.45, 7) is -0.136. The lowest BCUT2D eigenvalue weighted by Crippen LogP contribution is -2.82. The first-order valence-corrected chi connectivity index (χ1v) is 12.3. The van der Waals surface area contributed by atoms with Crippen LogP contribution in [-0.4, -0.2) is 115 Å². The number of carbonyl (C=O) groups is 1. The van der Waals surface area contributed by atoms with E-state index in [4.69, 9.17) is 18.9 Å². The van der Waals surface area contributed by atoms with Crippen LogP contribution in [0.25, 0.3) is 0 Å². The number of amides is 1. The molecule has 0 aromatic carbocycles. The third kappa shape index (κ3) is 2.11. The second-order valence-corrected chi connectivity index (χ2v) is 11.7. The lowest BCUT2D eigenvalue weighted by atomic mass is 9.42. The molecule has 5 aliphatic carbocycles. The molecule has 1 amide bonds. The number of fused-ring (bicyclic) bond motifs is 2. The van der Waals surface area contributed by atoms with Gasteiger partial charge in [-0.3, -0.25) is 0 Å². The van der Waals surface area contributed by atoms with Gasteiger partial charge in [-0.15, -0.1) is 0 Å². The molecule has 192 valence electrons. The highest BCUT2D eigenvalue weighted by Crippen LogP contribution is 2.80. The number of rotatable bonds is 5. The van der Waals surface area contributed by atoms with Crippen molar-refractivity contribution in [1.82, 2.24) is 4.90 Å². The molecule has 1 heterocycles. The van der Waals surface area contributed by atoms with E-state index in [1.165, 1.54) is 12.0 Å². The molecule has 5 saturated carbocycles. The van der Waals surface area contributed by atoms with E-state index in [1.807, 2.05) is 0 Å². The van der Waals surface area contributed by atoms with Crippen LogP contribution in [0.5, 0.6) is 0 Å². The number of hydrogen-bond donors (Lipinski definition) is 4. The average Bonchev–Trinajstić information content (AvgIpc) is 3.23. The second-order valence-electron chi connectivity index (χ2n) is 11.7. The highest BCUT2D eigenvalue weighted by molar-refractivity contribution is 5.68. The summed E-state index contributed by atoms with van der Waals surface area (Å²) < 4.78 is 24.0. The van der Waals surface area contributed by atoms with E-state index in [0.717, 1.165) is 0 Å². The number of aliphatic hydroxyl groups is 3. The molecule has 6 aliphatic rings. The highest BCUT2D eigenvalue weighted by atomic mass is 16.5. The topological polar surface area (TPSA) is 138 Å². The molecule has 0 aromatic rings. The Labute approximate surface area is 199 Å². The summed E-state index contributed by atoms with van der Waals surface area (Å²) in [5.74, 6) is -0.998. The fraction of sp³-hybridized carbons (Fsp3) is 0.958. The number of likely N-dealkylation sites (tertiary alicyclic amines) is 1. The van der Waals surface area contributed by atoms with E-state index < -0.39 is 46.2 Å². The number of ether oxygens (including phenoxy) is 4. The van der Waals surface area contributed by atoms with Crippen LogP contribution in [0.1, 0.15) is 25.7 Å². The van der Waals surface area contributed by atoms with Crippen LogP contribution >= 0.6 is 0 Å². The lowest BCUT2D eigenvalue weighted by Gasteiger charge is -2.69. The van der Waals surface area contributed by atoms with Crippen LogP contribution in [0.15, 0.2) is 0 Å². The Balaban J connectivity index is 1.70. The fourth-order valence-electron chi connectivity index (χ4n) is 10.7. The van der Waals surface area contributed by atoms with E-state index in [9.17, 15) is 25.2 Å². The van der Waals surface area contributed by atoms with Crippen molar-refractivity contribution in [3.8, 4) is 0 Å². The molecule has 1 saturated heterocycles. The highest BCUT2D eigenvalue weighted by Gasteiger charge is 2.92. The summed E-state index contributed by atoms with van der Waals surface area (Å²) in [4.78, 5) is 14.0. The zero-order chi connectivity index (χ0) is 24.4. The van der Waals surface area contributed by atoms with Crippen LogP contribution < -0.4 is 0 Å². The monoisotopic (exact) mass is 483 g/mol. The van der Waals surface area contributed by atoms with Crippen LogP contribution in [0, 0.1) is 34.5 Å². The summed E-state index contributed by atoms with van der Waals surface area (Å²) in [7, 11) is 6.38. The number of nitrogens with zero attached hydrogens (tertiary/aromatic N) is 1. The van der Waals surface area contributed by atoms with Crippen molar-refractivity contribution < 1.29 is 44.2 Å². The third-order valence-electron chi connectivity index (χ3n) is 11.4. The van der Waals surface area contributed by atoms with Gasteiger partial charge in [-0.2, -0.15) is 0 Å². The third-order valence-corrected chi connectivity index (χ3v) is 11.4. The van der Waals surface area contributed by atoms with Gasteiger partial charge in [0.2, 0.25) is 0 Å². The normalized spacial score (nSPS) is 58.8. The number of methoxy groups -OCH3 is 4. The number of hydrogen-bond acceptors (Lipinski definition) is 8. The summed E-state index contributed by atoms with van der Waals surface area (Å²) in [6, 6.07) is -0.935. The van der Waals surface area contributed by atoms with Gasteiger partial charge in [0.1, 0.15) is 11.2 Å². The molecule has 6 rings (SSSR count). The first-order chi connectivity index (χ1) is 16.2. The quantitative estimate of drug-likeness (QED) is 0.423. The van der Waals surface area contributed by atoms with E-state index in [1.54, 1.807) is 21.3 Å². The summed E-state index contributed by atoms with van der Waals surface area (Å²) >= 11 is 0. The molecule has 0 aromatic heterocycles. The van der Waals surface area contributed by atoms with Crippen molar-refractivity contribution in [2.24, 2.45) is 34.5 Å². The van der Waals surface area contributed by atoms with Crippen molar-refractivity contribution in [2.45, 2.75) is 67.3 Å². The molecular weight excluding hydrogens is 446 g/mol. The van der Waals surface area contributed by atoms with Gasteiger partial charge in [0.05, 0.1) is 37.1 Å². The SMILES string of the molecule is CO[C@H]1[C@@H]2C[C@@H]3[C@H]1[C@](O)(C[C@@H]2OC)[C@]1(O)C2N(C(=O)O)C[C@]4(CO)CC[C@H](OC)[C@@]23[C@@H]4[C@@H]1OC. The minimum absolute atomic E-state index is 0.00515. The summed E-state index contributed by atoms with van der Waals surface area (Å²) in [6.07, 6.45) is -1.08. The Bertz CT molecular complexity index is 889. The van der Waals surface area contributed by atoms with E-state index >= 15 is 0 Å². The predicted octanol–water partition coefficient (Wildman–Crippen LogP) is -0.0709. The molecule has 1 aliphatic heterocycles. The van der Waals surface area contributed by atoms with E-state index in [0.29, 0.717) is 19.3 Å². The zero-order valence-corrected chi connectivity index (χ0v) is 20.2. The Morgan fingerprint density at radius 3 is 2.38 bits per heavy atom. The Hall–Kier alpha value is -1.01. The van der Waals surface area contributed by atoms with Crippen molar-refractivity contribution in [3.63, 3.8) is 0 Å². The van der Waals surface area contributed by atoms with Gasteiger partial charge in [0, 0.05) is 70.0 Å². The minimum Gasteiger partial charge on any atom is -0.465 e. The maximum atomic E-state index is 12.8. The lowest BCUT2D eigenvalue weighted by molar-refractivity contribution is -0.315. The molecule has 10 nitrogen and oxygen atoms in total. The van der Waals surface area contributed by atoms with E-state index in [-0.39, 0.29) is 55.6 Å². The van der Waals surface area contributed by atoms with Gasteiger partial charge < -0.3 is 44.3 Å². The zero-order valence-electron chi connectivity index (χ0n) is 20.2. The molecule has 1 unspecified atom stereocenters. The largest absolute Gasteiger partial charge is 0.465 e. The van der Waals surface area contributed by atoms with Crippen molar-refractivity contribution in [1.29, 1.82) is 0 Å². The molecule has 13 atom stereocenters. The molecule has 7 bridgehead atoms. The smallest absolute Gasteiger partial charge is 0.407 e. The first kappa shape index (κ1) is 23.4. The molecule has 10 heteroatoms. The van der Waals surface area contributed by atoms with Crippen LogP contribution in [-0.2, 0) is 18.9 Å². The van der Waals surface area contributed by atoms with Crippen molar-refractivity contribution >= 4 is 6.09 Å². The number of aliphatic hydroxyl groups excluding tert-OH is 1. The maximum Gasteiger partial charge on any atom is 0.407 e. The van der Waals surface area contributed by atoms with Crippen LogP contribution in [0.3, 0.4) is 0 Å². The molecule has 6 fully saturated rings. The van der Waals surface area contributed by atoms with Crippen molar-refractivity contribution in [3.05, 3.63) is 0 Å². The Kier molecular flexibility index (Phi) is 4.85. The average molecular weight is 484 g/mol. The van der Waals surface area contributed by atoms with Gasteiger partial charge in [0.15, 0.2) is 0 Å². The van der Waals surface area contributed by atoms with E-state index in [2.05, 4.69) is 0 Å². The summed E-state index contributed by atoms with van der Waals surface area (Å²) in [5, 5.41) is 46.6. The predicted molar refractivity (Wildman–Crippen MR) is 116 cm³/mol. The van der Waals surface area contributed by atoms with Gasteiger partial charge in [-0.05, 0) is 25.2 Å². The number of carboxylic acid groups (broad SMARTS) is 1. The van der Waals surface area contributed by atoms with Gasteiger partial charge in [-0.25, -0.2) is 4.79 Å². The Morgan fingerprint density at radius 2 is 1.82 bits per heavy atom. The first-order valence-electron chi connectivity index (χ1n) is 12.3. The van der Waals surface area contributed by atoms with Crippen LogP contribution in [0.2, 0.25) is 0 Å². The number of piperidine rings is 1. The van der Waals surface area contributed by atoms with Gasteiger partial charge in [0.25, 0.3) is 0 Å².